The molecule has 1 nitrogen and oxygen atoms in total. The minimum Gasteiger partial charge on any atom is -0.389 e. The lowest BCUT2D eigenvalue weighted by molar-refractivity contribution is -0.00674. The molecule has 0 bridgehead atoms. The highest BCUT2D eigenvalue weighted by atomic mass is 16.3. The molecule has 0 aromatic heterocycles. The van der Waals surface area contributed by atoms with Crippen molar-refractivity contribution in [2.24, 2.45) is 5.41 Å². The third-order valence-electron chi connectivity index (χ3n) is 4.71. The van der Waals surface area contributed by atoms with Crippen molar-refractivity contribution in [2.75, 3.05) is 0 Å². The van der Waals surface area contributed by atoms with Crippen molar-refractivity contribution in [3.8, 4) is 0 Å². The van der Waals surface area contributed by atoms with Gasteiger partial charge in [0.25, 0.3) is 0 Å². The molecule has 1 N–H and O–H groups in total. The van der Waals surface area contributed by atoms with Crippen molar-refractivity contribution >= 4 is 10.8 Å². The van der Waals surface area contributed by atoms with E-state index in [1.165, 1.54) is 16.3 Å². The fraction of sp³-hybridized carbons (Fsp3) is 0.412. The second-order valence-corrected chi connectivity index (χ2v) is 6.15. The lowest BCUT2D eigenvalue weighted by atomic mass is 9.81. The fourth-order valence-electron chi connectivity index (χ4n) is 2.76. The molecule has 0 amide bonds. The van der Waals surface area contributed by atoms with Crippen LogP contribution in [-0.2, 0) is 6.42 Å². The van der Waals surface area contributed by atoms with Gasteiger partial charge in [-0.25, -0.2) is 0 Å². The average Bonchev–Trinajstić information content (AvgIpc) is 3.09. The van der Waals surface area contributed by atoms with Gasteiger partial charge in [-0.1, -0.05) is 49.4 Å². The number of aliphatic hydroxyl groups is 1. The molecular weight excluding hydrogens is 220 g/mol. The Bertz CT molecular complexity index is 574. The van der Waals surface area contributed by atoms with Gasteiger partial charge in [-0.2, -0.15) is 0 Å². The Morgan fingerprint density at radius 1 is 1.11 bits per heavy atom. The van der Waals surface area contributed by atoms with Crippen LogP contribution in [0.25, 0.3) is 10.8 Å². The van der Waals surface area contributed by atoms with Crippen LogP contribution in [-0.4, -0.2) is 10.7 Å². The van der Waals surface area contributed by atoms with Gasteiger partial charge >= 0.3 is 0 Å². The Morgan fingerprint density at radius 2 is 1.78 bits per heavy atom. The van der Waals surface area contributed by atoms with E-state index in [0.29, 0.717) is 0 Å². The van der Waals surface area contributed by atoms with Crippen LogP contribution < -0.4 is 0 Å². The van der Waals surface area contributed by atoms with Gasteiger partial charge in [-0.3, -0.25) is 0 Å². The molecule has 1 fully saturated rings. The van der Waals surface area contributed by atoms with Crippen molar-refractivity contribution in [1.29, 1.82) is 0 Å². The lowest BCUT2D eigenvalue weighted by Gasteiger charge is -2.31. The Labute approximate surface area is 108 Å². The predicted octanol–water partition coefficient (Wildman–Crippen LogP) is 3.93. The summed E-state index contributed by atoms with van der Waals surface area (Å²) in [7, 11) is 0. The molecule has 1 atom stereocenters. The molecule has 1 aliphatic rings. The van der Waals surface area contributed by atoms with Gasteiger partial charge in [0.05, 0.1) is 5.60 Å². The Morgan fingerprint density at radius 3 is 2.50 bits per heavy atom. The highest BCUT2D eigenvalue weighted by molar-refractivity contribution is 5.85. The van der Waals surface area contributed by atoms with E-state index < -0.39 is 5.60 Å². The van der Waals surface area contributed by atoms with E-state index in [-0.39, 0.29) is 5.41 Å². The first-order valence-electron chi connectivity index (χ1n) is 6.71. The predicted molar refractivity (Wildman–Crippen MR) is 75.6 cm³/mol. The zero-order chi connectivity index (χ0) is 12.8. The van der Waals surface area contributed by atoms with Crippen molar-refractivity contribution in [1.82, 2.24) is 0 Å². The summed E-state index contributed by atoms with van der Waals surface area (Å²) in [4.78, 5) is 0. The maximum Gasteiger partial charge on any atom is 0.0713 e. The van der Waals surface area contributed by atoms with E-state index in [1.54, 1.807) is 0 Å². The fourth-order valence-corrected chi connectivity index (χ4v) is 2.76. The molecule has 1 aliphatic carbocycles. The molecule has 1 unspecified atom stereocenters. The van der Waals surface area contributed by atoms with Crippen LogP contribution in [0.4, 0.5) is 0 Å². The van der Waals surface area contributed by atoms with E-state index in [9.17, 15) is 5.11 Å². The Kier molecular flexibility index (Phi) is 2.49. The second-order valence-electron chi connectivity index (χ2n) is 6.15. The molecule has 18 heavy (non-hydrogen) atoms. The molecule has 3 rings (SSSR count). The van der Waals surface area contributed by atoms with Gasteiger partial charge in [0.1, 0.15) is 0 Å². The van der Waals surface area contributed by atoms with Gasteiger partial charge in [0, 0.05) is 6.42 Å². The van der Waals surface area contributed by atoms with E-state index in [0.717, 1.165) is 19.3 Å². The topological polar surface area (TPSA) is 20.2 Å². The summed E-state index contributed by atoms with van der Waals surface area (Å²) in [5, 5.41) is 13.3. The van der Waals surface area contributed by atoms with E-state index >= 15 is 0 Å². The van der Waals surface area contributed by atoms with Gasteiger partial charge < -0.3 is 5.11 Å². The van der Waals surface area contributed by atoms with E-state index in [2.05, 4.69) is 49.4 Å². The molecule has 0 spiro atoms. The van der Waals surface area contributed by atoms with Gasteiger partial charge in [0.15, 0.2) is 0 Å². The summed E-state index contributed by atoms with van der Waals surface area (Å²) in [5.74, 6) is 0. The van der Waals surface area contributed by atoms with Crippen LogP contribution >= 0.6 is 0 Å². The van der Waals surface area contributed by atoms with Crippen molar-refractivity contribution < 1.29 is 5.11 Å². The number of benzene rings is 2. The minimum absolute atomic E-state index is 0.115. The summed E-state index contributed by atoms with van der Waals surface area (Å²) < 4.78 is 0. The third kappa shape index (κ3) is 1.83. The number of hydrogen-bond donors (Lipinski definition) is 1. The van der Waals surface area contributed by atoms with Crippen LogP contribution in [0.1, 0.15) is 32.3 Å². The highest BCUT2D eigenvalue weighted by Gasteiger charge is 2.51. The van der Waals surface area contributed by atoms with Crippen LogP contribution in [0, 0.1) is 5.41 Å². The molecular formula is C17H20O. The quantitative estimate of drug-likeness (QED) is 0.861. The molecule has 94 valence electrons. The molecule has 0 heterocycles. The van der Waals surface area contributed by atoms with Crippen molar-refractivity contribution in [2.45, 2.75) is 38.7 Å². The first kappa shape index (κ1) is 11.7. The second kappa shape index (κ2) is 3.83. The normalized spacial score (nSPS) is 20.6. The standard InChI is InChI=1S/C17H20O/c1-16(10-11-16)17(2,18)12-14-8-5-7-13-6-3-4-9-15(13)14/h3-9,18H,10-12H2,1-2H3. The molecule has 2 aromatic carbocycles. The molecule has 0 radical (unpaired) electrons. The van der Waals surface area contributed by atoms with Gasteiger partial charge in [0.2, 0.25) is 0 Å². The summed E-state index contributed by atoms with van der Waals surface area (Å²) >= 11 is 0. The van der Waals surface area contributed by atoms with Crippen LogP contribution in [0.2, 0.25) is 0 Å². The molecule has 0 aliphatic heterocycles. The van der Waals surface area contributed by atoms with Gasteiger partial charge in [-0.05, 0) is 41.5 Å². The monoisotopic (exact) mass is 240 g/mol. The number of fused-ring (bicyclic) bond motifs is 1. The summed E-state index contributed by atoms with van der Waals surface area (Å²) in [6, 6.07) is 14.8. The summed E-state index contributed by atoms with van der Waals surface area (Å²) in [6.07, 6.45) is 3.03. The Hall–Kier alpha value is -1.34. The van der Waals surface area contributed by atoms with E-state index in [1.807, 2.05) is 6.92 Å². The highest BCUT2D eigenvalue weighted by Crippen LogP contribution is 2.54. The minimum atomic E-state index is -0.600. The van der Waals surface area contributed by atoms with Crippen LogP contribution in [0.5, 0.6) is 0 Å². The molecule has 0 saturated heterocycles. The maximum atomic E-state index is 10.7. The zero-order valence-corrected chi connectivity index (χ0v) is 11.1. The lowest BCUT2D eigenvalue weighted by Crippen LogP contribution is -2.36. The summed E-state index contributed by atoms with van der Waals surface area (Å²) in [6.45, 7) is 4.18. The third-order valence-corrected chi connectivity index (χ3v) is 4.71. The molecule has 1 heteroatoms. The van der Waals surface area contributed by atoms with Crippen molar-refractivity contribution in [3.63, 3.8) is 0 Å². The van der Waals surface area contributed by atoms with Crippen LogP contribution in [0.3, 0.4) is 0 Å². The number of rotatable bonds is 3. The first-order chi connectivity index (χ1) is 8.52. The molecule has 1 saturated carbocycles. The van der Waals surface area contributed by atoms with E-state index in [4.69, 9.17) is 0 Å². The van der Waals surface area contributed by atoms with Crippen molar-refractivity contribution in [3.05, 3.63) is 48.0 Å². The van der Waals surface area contributed by atoms with Crippen LogP contribution in [0.15, 0.2) is 42.5 Å². The number of hydrogen-bond acceptors (Lipinski definition) is 1. The maximum absolute atomic E-state index is 10.7. The largest absolute Gasteiger partial charge is 0.389 e. The smallest absolute Gasteiger partial charge is 0.0713 e. The SMILES string of the molecule is CC(O)(Cc1cccc2ccccc12)C1(C)CC1. The zero-order valence-electron chi connectivity index (χ0n) is 11.1. The van der Waals surface area contributed by atoms with Gasteiger partial charge in [-0.15, -0.1) is 0 Å². The summed E-state index contributed by atoms with van der Waals surface area (Å²) in [5.41, 5.74) is 0.771. The molecule has 2 aromatic rings. The first-order valence-corrected chi connectivity index (χ1v) is 6.71. The Balaban J connectivity index is 2.00. The average molecular weight is 240 g/mol.